The SMILES string of the molecule is CCN(C[C@H](O)c1ccccc1)c1ccc([N+](=O)[O-])cc1.Cl. The first kappa shape index (κ1) is 17.9. The Balaban J connectivity index is 0.00000242. The summed E-state index contributed by atoms with van der Waals surface area (Å²) in [5.41, 5.74) is 1.79. The van der Waals surface area contributed by atoms with E-state index in [9.17, 15) is 15.2 Å². The highest BCUT2D eigenvalue weighted by atomic mass is 35.5. The van der Waals surface area contributed by atoms with Crippen molar-refractivity contribution in [1.29, 1.82) is 0 Å². The lowest BCUT2D eigenvalue weighted by molar-refractivity contribution is -0.384. The molecule has 0 heterocycles. The molecule has 1 atom stereocenters. The number of nitrogens with zero attached hydrogens (tertiary/aromatic N) is 2. The van der Waals surface area contributed by atoms with Gasteiger partial charge in [0.15, 0.2) is 0 Å². The van der Waals surface area contributed by atoms with Crippen molar-refractivity contribution in [2.45, 2.75) is 13.0 Å². The highest BCUT2D eigenvalue weighted by Crippen LogP contribution is 2.22. The summed E-state index contributed by atoms with van der Waals surface area (Å²) in [4.78, 5) is 12.2. The van der Waals surface area contributed by atoms with Crippen LogP contribution in [0.25, 0.3) is 0 Å². The van der Waals surface area contributed by atoms with Crippen LogP contribution >= 0.6 is 12.4 Å². The molecular weight excluding hydrogens is 304 g/mol. The Morgan fingerprint density at radius 1 is 1.14 bits per heavy atom. The lowest BCUT2D eigenvalue weighted by Crippen LogP contribution is -2.28. The molecule has 0 aliphatic rings. The fourth-order valence-electron chi connectivity index (χ4n) is 2.19. The molecule has 0 spiro atoms. The third-order valence-corrected chi connectivity index (χ3v) is 3.39. The molecule has 0 unspecified atom stereocenters. The van der Waals surface area contributed by atoms with Gasteiger partial charge in [0.1, 0.15) is 0 Å². The largest absolute Gasteiger partial charge is 0.387 e. The molecule has 0 saturated carbocycles. The maximum Gasteiger partial charge on any atom is 0.269 e. The maximum absolute atomic E-state index is 10.7. The Morgan fingerprint density at radius 3 is 2.23 bits per heavy atom. The Bertz CT molecular complexity index is 590. The second-order valence-electron chi connectivity index (χ2n) is 4.74. The maximum atomic E-state index is 10.7. The van der Waals surface area contributed by atoms with Crippen molar-refractivity contribution in [1.82, 2.24) is 0 Å². The Kier molecular flexibility index (Phi) is 6.82. The van der Waals surface area contributed by atoms with Gasteiger partial charge in [-0.15, -0.1) is 12.4 Å². The molecule has 5 nitrogen and oxygen atoms in total. The third kappa shape index (κ3) is 4.44. The third-order valence-electron chi connectivity index (χ3n) is 3.39. The second-order valence-corrected chi connectivity index (χ2v) is 4.74. The van der Waals surface area contributed by atoms with Crippen LogP contribution in [0.4, 0.5) is 11.4 Å². The molecule has 6 heteroatoms. The van der Waals surface area contributed by atoms with Crippen LogP contribution in [0.1, 0.15) is 18.6 Å². The van der Waals surface area contributed by atoms with Gasteiger partial charge in [0.25, 0.3) is 5.69 Å². The Labute approximate surface area is 135 Å². The number of non-ortho nitro benzene ring substituents is 1. The summed E-state index contributed by atoms with van der Waals surface area (Å²) in [6.45, 7) is 3.14. The molecule has 0 bridgehead atoms. The Morgan fingerprint density at radius 2 is 1.73 bits per heavy atom. The van der Waals surface area contributed by atoms with Crippen molar-refractivity contribution >= 4 is 23.8 Å². The summed E-state index contributed by atoms with van der Waals surface area (Å²) in [6, 6.07) is 15.8. The second kappa shape index (κ2) is 8.36. The predicted octanol–water partition coefficient (Wildman–Crippen LogP) is 3.58. The minimum atomic E-state index is -0.596. The van der Waals surface area contributed by atoms with E-state index >= 15 is 0 Å². The van der Waals surface area contributed by atoms with Crippen molar-refractivity contribution in [3.8, 4) is 0 Å². The van der Waals surface area contributed by atoms with Crippen molar-refractivity contribution in [3.63, 3.8) is 0 Å². The van der Waals surface area contributed by atoms with Gasteiger partial charge in [-0.1, -0.05) is 30.3 Å². The summed E-state index contributed by atoms with van der Waals surface area (Å²) in [5.74, 6) is 0. The molecular formula is C16H19ClN2O3. The number of halogens is 1. The molecule has 118 valence electrons. The topological polar surface area (TPSA) is 66.6 Å². The molecule has 0 radical (unpaired) electrons. The van der Waals surface area contributed by atoms with Crippen molar-refractivity contribution in [2.75, 3.05) is 18.0 Å². The number of hydrogen-bond donors (Lipinski definition) is 1. The van der Waals surface area contributed by atoms with Crippen LogP contribution in [0.15, 0.2) is 54.6 Å². The number of rotatable bonds is 6. The molecule has 0 saturated heterocycles. The number of aliphatic hydroxyl groups is 1. The highest BCUT2D eigenvalue weighted by Gasteiger charge is 2.14. The molecule has 2 aromatic rings. The zero-order valence-corrected chi connectivity index (χ0v) is 13.1. The molecule has 0 fully saturated rings. The Hall–Kier alpha value is -2.11. The van der Waals surface area contributed by atoms with Crippen LogP contribution < -0.4 is 4.90 Å². The number of anilines is 1. The van der Waals surface area contributed by atoms with Gasteiger partial charge < -0.3 is 10.0 Å². The van der Waals surface area contributed by atoms with Crippen molar-refractivity contribution in [2.24, 2.45) is 0 Å². The quantitative estimate of drug-likeness (QED) is 0.652. The zero-order chi connectivity index (χ0) is 15.2. The zero-order valence-electron chi connectivity index (χ0n) is 12.3. The van der Waals surface area contributed by atoms with Gasteiger partial charge in [-0.2, -0.15) is 0 Å². The van der Waals surface area contributed by atoms with Gasteiger partial charge in [0.05, 0.1) is 11.0 Å². The van der Waals surface area contributed by atoms with E-state index in [0.29, 0.717) is 13.1 Å². The van der Waals surface area contributed by atoms with Crippen molar-refractivity contribution < 1.29 is 10.0 Å². The first-order chi connectivity index (χ1) is 10.1. The number of benzene rings is 2. The average Bonchev–Trinajstić information content (AvgIpc) is 2.53. The number of aliphatic hydroxyl groups excluding tert-OH is 1. The molecule has 0 amide bonds. The van der Waals surface area contributed by atoms with Crippen LogP contribution in [0.3, 0.4) is 0 Å². The van der Waals surface area contributed by atoms with Gasteiger partial charge in [-0.25, -0.2) is 0 Å². The van der Waals surface area contributed by atoms with Crippen LogP contribution in [0.2, 0.25) is 0 Å². The molecule has 0 aliphatic carbocycles. The predicted molar refractivity (Wildman–Crippen MR) is 89.6 cm³/mol. The molecule has 2 rings (SSSR count). The highest BCUT2D eigenvalue weighted by molar-refractivity contribution is 5.85. The molecule has 0 aliphatic heterocycles. The van der Waals surface area contributed by atoms with Gasteiger partial charge in [0.2, 0.25) is 0 Å². The van der Waals surface area contributed by atoms with E-state index in [1.54, 1.807) is 12.1 Å². The van der Waals surface area contributed by atoms with E-state index in [4.69, 9.17) is 0 Å². The number of likely N-dealkylation sites (N-methyl/N-ethyl adjacent to an activating group) is 1. The summed E-state index contributed by atoms with van der Waals surface area (Å²) in [6.07, 6.45) is -0.596. The van der Waals surface area contributed by atoms with Crippen LogP contribution in [-0.2, 0) is 0 Å². The van der Waals surface area contributed by atoms with E-state index in [2.05, 4.69) is 0 Å². The molecule has 2 aromatic carbocycles. The average molecular weight is 323 g/mol. The fourth-order valence-corrected chi connectivity index (χ4v) is 2.19. The van der Waals surface area contributed by atoms with Gasteiger partial charge in [-0.05, 0) is 24.6 Å². The number of hydrogen-bond acceptors (Lipinski definition) is 4. The van der Waals surface area contributed by atoms with Crippen LogP contribution in [0.5, 0.6) is 0 Å². The van der Waals surface area contributed by atoms with Crippen molar-refractivity contribution in [3.05, 3.63) is 70.3 Å². The molecule has 1 N–H and O–H groups in total. The van der Waals surface area contributed by atoms with Gasteiger partial charge >= 0.3 is 0 Å². The summed E-state index contributed by atoms with van der Waals surface area (Å²) < 4.78 is 0. The summed E-state index contributed by atoms with van der Waals surface area (Å²) in [7, 11) is 0. The van der Waals surface area contributed by atoms with E-state index in [-0.39, 0.29) is 18.1 Å². The van der Waals surface area contributed by atoms with E-state index in [0.717, 1.165) is 11.3 Å². The van der Waals surface area contributed by atoms with E-state index < -0.39 is 11.0 Å². The van der Waals surface area contributed by atoms with Gasteiger partial charge in [0, 0.05) is 30.9 Å². The molecule has 22 heavy (non-hydrogen) atoms. The smallest absolute Gasteiger partial charge is 0.269 e. The standard InChI is InChI=1S/C16H18N2O3.ClH/c1-2-17(12-16(19)13-6-4-3-5-7-13)14-8-10-15(11-9-14)18(20)21;/h3-11,16,19H,2,12H2,1H3;1H/t16-;/m0./s1. The van der Waals surface area contributed by atoms with E-state index in [1.807, 2.05) is 42.2 Å². The first-order valence-corrected chi connectivity index (χ1v) is 6.84. The summed E-state index contributed by atoms with van der Waals surface area (Å²) >= 11 is 0. The van der Waals surface area contributed by atoms with E-state index in [1.165, 1.54) is 12.1 Å². The lowest BCUT2D eigenvalue weighted by atomic mass is 10.1. The summed E-state index contributed by atoms with van der Waals surface area (Å²) in [5, 5.41) is 20.9. The molecule has 0 aromatic heterocycles. The van der Waals surface area contributed by atoms with Gasteiger partial charge in [-0.3, -0.25) is 10.1 Å². The monoisotopic (exact) mass is 322 g/mol. The van der Waals surface area contributed by atoms with Crippen LogP contribution in [-0.4, -0.2) is 23.1 Å². The van der Waals surface area contributed by atoms with Crippen LogP contribution in [0, 0.1) is 10.1 Å². The first-order valence-electron chi connectivity index (χ1n) is 6.84. The lowest BCUT2D eigenvalue weighted by Gasteiger charge is -2.26. The minimum Gasteiger partial charge on any atom is -0.387 e. The normalized spacial score (nSPS) is 11.4. The fraction of sp³-hybridized carbons (Fsp3) is 0.250. The minimum absolute atomic E-state index is 0. The number of nitro groups is 1. The number of nitro benzene ring substituents is 1.